The Hall–Kier alpha value is -0.120. The average molecular weight is 184 g/mol. The summed E-state index contributed by atoms with van der Waals surface area (Å²) in [6.07, 6.45) is 4.45. The monoisotopic (exact) mass is 184 g/mol. The van der Waals surface area contributed by atoms with Gasteiger partial charge in [-0.3, -0.25) is 0 Å². The van der Waals surface area contributed by atoms with Crippen LogP contribution in [0.3, 0.4) is 0 Å². The summed E-state index contributed by atoms with van der Waals surface area (Å²) in [5.74, 6) is 0. The number of hydrogen-bond acceptors (Lipinski definition) is 3. The van der Waals surface area contributed by atoms with Gasteiger partial charge < -0.3 is 15.0 Å². The summed E-state index contributed by atoms with van der Waals surface area (Å²) in [4.78, 5) is 2.46. The molecule has 2 fully saturated rings. The Morgan fingerprint density at radius 2 is 2.31 bits per heavy atom. The van der Waals surface area contributed by atoms with Gasteiger partial charge in [0.25, 0.3) is 0 Å². The minimum atomic E-state index is 0.506. The molecule has 0 bridgehead atoms. The van der Waals surface area contributed by atoms with Crippen LogP contribution in [0.1, 0.15) is 19.3 Å². The Bertz CT molecular complexity index is 159. The zero-order valence-electron chi connectivity index (χ0n) is 8.46. The van der Waals surface area contributed by atoms with Crippen LogP contribution in [-0.2, 0) is 4.74 Å². The van der Waals surface area contributed by atoms with Crippen molar-refractivity contribution in [1.29, 1.82) is 0 Å². The molecule has 3 nitrogen and oxygen atoms in total. The molecule has 2 aliphatic heterocycles. The van der Waals surface area contributed by atoms with Crippen LogP contribution in [0.15, 0.2) is 0 Å². The molecule has 0 aliphatic carbocycles. The van der Waals surface area contributed by atoms with Crippen LogP contribution in [0.5, 0.6) is 0 Å². The first-order chi connectivity index (χ1) is 6.36. The molecule has 0 aromatic heterocycles. The van der Waals surface area contributed by atoms with E-state index < -0.39 is 0 Å². The maximum atomic E-state index is 5.70. The second-order valence-corrected chi connectivity index (χ2v) is 4.22. The lowest BCUT2D eigenvalue weighted by molar-refractivity contribution is 0.0109. The fraction of sp³-hybridized carbons (Fsp3) is 1.00. The van der Waals surface area contributed by atoms with Crippen molar-refractivity contribution >= 4 is 0 Å². The van der Waals surface area contributed by atoms with Crippen LogP contribution in [-0.4, -0.2) is 50.3 Å². The number of likely N-dealkylation sites (tertiary alicyclic amines) is 1. The van der Waals surface area contributed by atoms with Crippen LogP contribution in [0.4, 0.5) is 0 Å². The number of hydrogen-bond donors (Lipinski definition) is 1. The molecule has 2 saturated heterocycles. The van der Waals surface area contributed by atoms with Crippen molar-refractivity contribution in [2.45, 2.75) is 31.4 Å². The molecule has 1 N–H and O–H groups in total. The van der Waals surface area contributed by atoms with E-state index in [-0.39, 0.29) is 0 Å². The van der Waals surface area contributed by atoms with E-state index in [2.05, 4.69) is 17.3 Å². The van der Waals surface area contributed by atoms with Gasteiger partial charge in [0.05, 0.1) is 6.10 Å². The van der Waals surface area contributed by atoms with E-state index in [9.17, 15) is 0 Å². The fourth-order valence-corrected chi connectivity index (χ4v) is 2.09. The molecule has 2 rings (SSSR count). The molecule has 2 heterocycles. The first-order valence-corrected chi connectivity index (χ1v) is 5.39. The van der Waals surface area contributed by atoms with Gasteiger partial charge in [-0.15, -0.1) is 0 Å². The molecule has 76 valence electrons. The number of nitrogens with zero attached hydrogens (tertiary/aromatic N) is 1. The van der Waals surface area contributed by atoms with Gasteiger partial charge in [-0.25, -0.2) is 0 Å². The Kier molecular flexibility index (Phi) is 3.19. The van der Waals surface area contributed by atoms with Crippen molar-refractivity contribution in [3.05, 3.63) is 0 Å². The quantitative estimate of drug-likeness (QED) is 0.687. The van der Waals surface area contributed by atoms with Crippen LogP contribution >= 0.6 is 0 Å². The molecule has 1 atom stereocenters. The minimum Gasteiger partial charge on any atom is -0.376 e. The van der Waals surface area contributed by atoms with E-state index >= 15 is 0 Å². The highest BCUT2D eigenvalue weighted by molar-refractivity contribution is 4.78. The predicted molar refractivity (Wildman–Crippen MR) is 52.9 cm³/mol. The van der Waals surface area contributed by atoms with Crippen molar-refractivity contribution in [2.24, 2.45) is 0 Å². The summed E-state index contributed by atoms with van der Waals surface area (Å²) in [6.45, 7) is 4.33. The van der Waals surface area contributed by atoms with E-state index in [0.29, 0.717) is 6.10 Å². The van der Waals surface area contributed by atoms with E-state index in [4.69, 9.17) is 4.74 Å². The molecule has 0 spiro atoms. The second-order valence-electron chi connectivity index (χ2n) is 4.22. The van der Waals surface area contributed by atoms with Crippen LogP contribution < -0.4 is 5.32 Å². The number of ether oxygens (including phenoxy) is 1. The summed E-state index contributed by atoms with van der Waals surface area (Å²) in [6, 6.07) is 0.785. The largest absolute Gasteiger partial charge is 0.376 e. The predicted octanol–water partition coefficient (Wildman–Crippen LogP) is 0.459. The maximum Gasteiger partial charge on any atom is 0.0823 e. The third-order valence-electron chi connectivity index (χ3n) is 3.22. The smallest absolute Gasteiger partial charge is 0.0823 e. The average Bonchev–Trinajstić information content (AvgIpc) is 2.42. The third kappa shape index (κ3) is 2.42. The first-order valence-electron chi connectivity index (χ1n) is 5.39. The van der Waals surface area contributed by atoms with Crippen molar-refractivity contribution in [1.82, 2.24) is 10.2 Å². The Labute approximate surface area is 80.4 Å². The van der Waals surface area contributed by atoms with Gasteiger partial charge in [-0.1, -0.05) is 0 Å². The SMILES string of the molecule is CN1CCCC1CCOC1CNC1. The number of nitrogens with one attached hydrogen (secondary N) is 1. The maximum absolute atomic E-state index is 5.70. The van der Waals surface area contributed by atoms with Gasteiger partial charge in [0.2, 0.25) is 0 Å². The molecular formula is C10H20N2O. The van der Waals surface area contributed by atoms with E-state index in [1.807, 2.05) is 0 Å². The lowest BCUT2D eigenvalue weighted by Gasteiger charge is -2.28. The highest BCUT2D eigenvalue weighted by Gasteiger charge is 2.22. The summed E-state index contributed by atoms with van der Waals surface area (Å²) in [5, 5.41) is 3.21. The van der Waals surface area contributed by atoms with Crippen LogP contribution in [0.2, 0.25) is 0 Å². The number of rotatable bonds is 4. The second kappa shape index (κ2) is 4.40. The molecule has 0 aromatic carbocycles. The van der Waals surface area contributed by atoms with Crippen LogP contribution in [0.25, 0.3) is 0 Å². The van der Waals surface area contributed by atoms with E-state index in [1.54, 1.807) is 0 Å². The Morgan fingerprint density at radius 1 is 1.46 bits per heavy atom. The van der Waals surface area contributed by atoms with Gasteiger partial charge in [0, 0.05) is 25.7 Å². The summed E-state index contributed by atoms with van der Waals surface area (Å²) in [5.41, 5.74) is 0. The third-order valence-corrected chi connectivity index (χ3v) is 3.22. The minimum absolute atomic E-state index is 0.506. The van der Waals surface area contributed by atoms with E-state index in [0.717, 1.165) is 25.7 Å². The lowest BCUT2D eigenvalue weighted by Crippen LogP contribution is -2.48. The summed E-state index contributed by atoms with van der Waals surface area (Å²) in [7, 11) is 2.22. The molecule has 0 radical (unpaired) electrons. The zero-order chi connectivity index (χ0) is 9.10. The van der Waals surface area contributed by atoms with Crippen molar-refractivity contribution in [3.8, 4) is 0 Å². The van der Waals surface area contributed by atoms with Crippen LogP contribution in [0, 0.1) is 0 Å². The fourth-order valence-electron chi connectivity index (χ4n) is 2.09. The molecule has 13 heavy (non-hydrogen) atoms. The topological polar surface area (TPSA) is 24.5 Å². The highest BCUT2D eigenvalue weighted by Crippen LogP contribution is 2.17. The Morgan fingerprint density at radius 3 is 2.85 bits per heavy atom. The van der Waals surface area contributed by atoms with Gasteiger partial charge in [-0.2, -0.15) is 0 Å². The molecule has 0 saturated carbocycles. The normalized spacial score (nSPS) is 30.7. The first kappa shape index (κ1) is 9.44. The molecule has 0 amide bonds. The standard InChI is InChI=1S/C10H20N2O/c1-12-5-2-3-9(12)4-6-13-10-7-11-8-10/h9-11H,2-8H2,1H3. The van der Waals surface area contributed by atoms with Gasteiger partial charge in [-0.05, 0) is 32.9 Å². The summed E-state index contributed by atoms with van der Waals surface area (Å²) >= 11 is 0. The van der Waals surface area contributed by atoms with Gasteiger partial charge >= 0.3 is 0 Å². The van der Waals surface area contributed by atoms with E-state index in [1.165, 1.54) is 25.8 Å². The molecular weight excluding hydrogens is 164 g/mol. The molecule has 0 aromatic rings. The molecule has 1 unspecified atom stereocenters. The van der Waals surface area contributed by atoms with Gasteiger partial charge in [0.15, 0.2) is 0 Å². The van der Waals surface area contributed by atoms with Gasteiger partial charge in [0.1, 0.15) is 0 Å². The summed E-state index contributed by atoms with van der Waals surface area (Å²) < 4.78 is 5.70. The lowest BCUT2D eigenvalue weighted by atomic mass is 10.1. The highest BCUT2D eigenvalue weighted by atomic mass is 16.5. The van der Waals surface area contributed by atoms with Crippen molar-refractivity contribution in [3.63, 3.8) is 0 Å². The zero-order valence-corrected chi connectivity index (χ0v) is 8.46. The Balaban J connectivity index is 1.56. The van der Waals surface area contributed by atoms with Crippen molar-refractivity contribution in [2.75, 3.05) is 33.3 Å². The molecule has 2 aliphatic rings. The molecule has 3 heteroatoms. The van der Waals surface area contributed by atoms with Crippen molar-refractivity contribution < 1.29 is 4.74 Å².